The van der Waals surface area contributed by atoms with Crippen molar-refractivity contribution < 1.29 is 9.47 Å². The molecule has 0 heterocycles. The molecule has 0 atom stereocenters. The van der Waals surface area contributed by atoms with Crippen LogP contribution in [0.1, 0.15) is 27.8 Å². The molecule has 2 N–H and O–H groups in total. The standard InChI is InChI=1S/C18H22O2.C6H7N/c1-12-8-13(2)17(14(3)9-12)11-15-10-16(19-4)6-7-18(15)20-5;7-6-4-2-1-3-5-6/h6-10H,11H2,1-5H3;1-5H,7H2. The number of rotatable bonds is 4. The Hall–Kier alpha value is -2.94. The van der Waals surface area contributed by atoms with Gasteiger partial charge in [0.1, 0.15) is 11.5 Å². The lowest BCUT2D eigenvalue weighted by Crippen LogP contribution is -2.00. The van der Waals surface area contributed by atoms with E-state index in [-0.39, 0.29) is 0 Å². The van der Waals surface area contributed by atoms with E-state index in [1.807, 2.05) is 42.5 Å². The molecule has 0 aliphatic carbocycles. The molecule has 0 spiro atoms. The van der Waals surface area contributed by atoms with Gasteiger partial charge < -0.3 is 15.2 Å². The molecule has 3 aromatic rings. The smallest absolute Gasteiger partial charge is 0.122 e. The lowest BCUT2D eigenvalue weighted by Gasteiger charge is -2.14. The van der Waals surface area contributed by atoms with Crippen molar-refractivity contribution in [1.82, 2.24) is 0 Å². The van der Waals surface area contributed by atoms with Gasteiger partial charge in [-0.15, -0.1) is 0 Å². The van der Waals surface area contributed by atoms with E-state index in [1.54, 1.807) is 14.2 Å². The monoisotopic (exact) mass is 363 g/mol. The highest BCUT2D eigenvalue weighted by molar-refractivity contribution is 5.47. The molecular formula is C24H29NO2. The van der Waals surface area contributed by atoms with Crippen LogP contribution in [0.3, 0.4) is 0 Å². The lowest BCUT2D eigenvalue weighted by atomic mass is 9.94. The van der Waals surface area contributed by atoms with Crippen LogP contribution < -0.4 is 15.2 Å². The molecular weight excluding hydrogens is 334 g/mol. The third-order valence-corrected chi connectivity index (χ3v) is 4.49. The van der Waals surface area contributed by atoms with Crippen molar-refractivity contribution >= 4 is 5.69 Å². The maximum Gasteiger partial charge on any atom is 0.122 e. The Balaban J connectivity index is 0.000000313. The van der Waals surface area contributed by atoms with Gasteiger partial charge in [-0.05, 0) is 67.8 Å². The second kappa shape index (κ2) is 9.67. The molecule has 0 fully saturated rings. The van der Waals surface area contributed by atoms with Gasteiger partial charge in [0.25, 0.3) is 0 Å². The fourth-order valence-electron chi connectivity index (χ4n) is 3.15. The number of nitrogen functional groups attached to an aromatic ring is 1. The molecule has 3 nitrogen and oxygen atoms in total. The molecule has 0 aliphatic rings. The molecule has 3 rings (SSSR count). The summed E-state index contributed by atoms with van der Waals surface area (Å²) in [6.07, 6.45) is 0.859. The molecule has 0 saturated heterocycles. The fraction of sp³-hybridized carbons (Fsp3) is 0.250. The first-order valence-electron chi connectivity index (χ1n) is 9.02. The van der Waals surface area contributed by atoms with Crippen LogP contribution >= 0.6 is 0 Å². The van der Waals surface area contributed by atoms with E-state index in [0.717, 1.165) is 29.2 Å². The molecule has 0 saturated carbocycles. The third-order valence-electron chi connectivity index (χ3n) is 4.49. The van der Waals surface area contributed by atoms with E-state index >= 15 is 0 Å². The van der Waals surface area contributed by atoms with Crippen LogP contribution in [0.15, 0.2) is 60.7 Å². The minimum atomic E-state index is 0.822. The molecule has 0 unspecified atom stereocenters. The van der Waals surface area contributed by atoms with Crippen molar-refractivity contribution in [2.75, 3.05) is 20.0 Å². The van der Waals surface area contributed by atoms with E-state index in [4.69, 9.17) is 15.2 Å². The zero-order chi connectivity index (χ0) is 19.8. The second-order valence-electron chi connectivity index (χ2n) is 6.64. The number of benzene rings is 3. The predicted molar refractivity (Wildman–Crippen MR) is 114 cm³/mol. The summed E-state index contributed by atoms with van der Waals surface area (Å²) in [5.74, 6) is 1.77. The summed E-state index contributed by atoms with van der Waals surface area (Å²) in [6.45, 7) is 6.47. The summed E-state index contributed by atoms with van der Waals surface area (Å²) >= 11 is 0. The van der Waals surface area contributed by atoms with Gasteiger partial charge in [0.2, 0.25) is 0 Å². The molecule has 27 heavy (non-hydrogen) atoms. The SMILES string of the molecule is COc1ccc(OC)c(Cc2c(C)cc(C)cc2C)c1.Nc1ccccc1. The van der Waals surface area contributed by atoms with Gasteiger partial charge >= 0.3 is 0 Å². The number of hydrogen-bond acceptors (Lipinski definition) is 3. The highest BCUT2D eigenvalue weighted by Gasteiger charge is 2.10. The van der Waals surface area contributed by atoms with Crippen LogP contribution in [0, 0.1) is 20.8 Å². The zero-order valence-corrected chi connectivity index (χ0v) is 16.9. The summed E-state index contributed by atoms with van der Waals surface area (Å²) < 4.78 is 10.8. The van der Waals surface area contributed by atoms with Crippen LogP contribution in [-0.2, 0) is 6.42 Å². The Morgan fingerprint density at radius 2 is 1.41 bits per heavy atom. The van der Waals surface area contributed by atoms with Crippen LogP contribution in [0.5, 0.6) is 11.5 Å². The summed E-state index contributed by atoms with van der Waals surface area (Å²) in [5.41, 5.74) is 12.7. The quantitative estimate of drug-likeness (QED) is 0.624. The number of methoxy groups -OCH3 is 2. The van der Waals surface area contributed by atoms with Crippen LogP contribution in [0.25, 0.3) is 0 Å². The summed E-state index contributed by atoms with van der Waals surface area (Å²) in [5, 5.41) is 0. The highest BCUT2D eigenvalue weighted by Crippen LogP contribution is 2.28. The molecule has 142 valence electrons. The topological polar surface area (TPSA) is 44.5 Å². The Bertz CT molecular complexity index is 850. The van der Waals surface area contributed by atoms with Gasteiger partial charge in [0.05, 0.1) is 14.2 Å². The number of anilines is 1. The molecule has 0 aliphatic heterocycles. The van der Waals surface area contributed by atoms with E-state index < -0.39 is 0 Å². The normalized spacial score (nSPS) is 9.96. The van der Waals surface area contributed by atoms with Crippen molar-refractivity contribution in [3.8, 4) is 11.5 Å². The molecule has 3 aromatic carbocycles. The zero-order valence-electron chi connectivity index (χ0n) is 16.9. The van der Waals surface area contributed by atoms with E-state index in [2.05, 4.69) is 39.0 Å². The molecule has 0 amide bonds. The third kappa shape index (κ3) is 5.78. The number of ether oxygens (including phenoxy) is 2. The summed E-state index contributed by atoms with van der Waals surface area (Å²) in [6, 6.07) is 19.9. The highest BCUT2D eigenvalue weighted by atomic mass is 16.5. The number of aryl methyl sites for hydroxylation is 3. The van der Waals surface area contributed by atoms with Crippen molar-refractivity contribution in [1.29, 1.82) is 0 Å². The number of nitrogens with two attached hydrogens (primary N) is 1. The van der Waals surface area contributed by atoms with Gasteiger partial charge in [-0.3, -0.25) is 0 Å². The number of hydrogen-bond donors (Lipinski definition) is 1. The Kier molecular flexibility index (Phi) is 7.30. The largest absolute Gasteiger partial charge is 0.497 e. The van der Waals surface area contributed by atoms with Gasteiger partial charge in [0, 0.05) is 17.7 Å². The van der Waals surface area contributed by atoms with Gasteiger partial charge in [-0.25, -0.2) is 0 Å². The maximum absolute atomic E-state index is 5.46. The first-order valence-corrected chi connectivity index (χ1v) is 9.02. The second-order valence-corrected chi connectivity index (χ2v) is 6.64. The first-order chi connectivity index (χ1) is 12.9. The minimum Gasteiger partial charge on any atom is -0.497 e. The molecule has 0 radical (unpaired) electrons. The van der Waals surface area contributed by atoms with Gasteiger partial charge in [-0.2, -0.15) is 0 Å². The van der Waals surface area contributed by atoms with Gasteiger partial charge in [-0.1, -0.05) is 35.9 Å². The summed E-state index contributed by atoms with van der Waals surface area (Å²) in [4.78, 5) is 0. The Morgan fingerprint density at radius 1 is 0.778 bits per heavy atom. The Morgan fingerprint density at radius 3 is 1.89 bits per heavy atom. The fourth-order valence-corrected chi connectivity index (χ4v) is 3.15. The van der Waals surface area contributed by atoms with E-state index in [9.17, 15) is 0 Å². The van der Waals surface area contributed by atoms with Crippen molar-refractivity contribution in [2.24, 2.45) is 0 Å². The average Bonchev–Trinajstić information content (AvgIpc) is 2.65. The van der Waals surface area contributed by atoms with Crippen molar-refractivity contribution in [3.05, 3.63) is 88.5 Å². The molecule has 0 aromatic heterocycles. The van der Waals surface area contributed by atoms with Gasteiger partial charge in [0.15, 0.2) is 0 Å². The van der Waals surface area contributed by atoms with Crippen LogP contribution in [-0.4, -0.2) is 14.2 Å². The molecule has 3 heteroatoms. The summed E-state index contributed by atoms with van der Waals surface area (Å²) in [7, 11) is 3.40. The lowest BCUT2D eigenvalue weighted by molar-refractivity contribution is 0.399. The van der Waals surface area contributed by atoms with Crippen molar-refractivity contribution in [2.45, 2.75) is 27.2 Å². The predicted octanol–water partition coefficient (Wildman–Crippen LogP) is 5.49. The number of para-hydroxylation sites is 1. The maximum atomic E-state index is 5.46. The molecule has 0 bridgehead atoms. The van der Waals surface area contributed by atoms with Crippen LogP contribution in [0.4, 0.5) is 5.69 Å². The van der Waals surface area contributed by atoms with E-state index in [0.29, 0.717) is 0 Å². The first kappa shape index (κ1) is 20.4. The van der Waals surface area contributed by atoms with Crippen molar-refractivity contribution in [3.63, 3.8) is 0 Å². The average molecular weight is 364 g/mol. The van der Waals surface area contributed by atoms with Crippen LogP contribution in [0.2, 0.25) is 0 Å². The van der Waals surface area contributed by atoms with E-state index in [1.165, 1.54) is 22.3 Å². The minimum absolute atomic E-state index is 0.822. The Labute approximate surface area is 162 Å².